The first kappa shape index (κ1) is 14.4. The van der Waals surface area contributed by atoms with Crippen LogP contribution in [-0.4, -0.2) is 28.9 Å². The third kappa shape index (κ3) is 2.63. The molecule has 3 aromatic rings. The van der Waals surface area contributed by atoms with Gasteiger partial charge in [-0.25, -0.2) is 0 Å². The molecule has 1 saturated heterocycles. The molecule has 2 aromatic heterocycles. The Morgan fingerprint density at radius 1 is 1.30 bits per heavy atom. The topological polar surface area (TPSA) is 33.2 Å². The molecule has 0 unspecified atom stereocenters. The Labute approximate surface area is 139 Å². The van der Waals surface area contributed by atoms with E-state index in [1.165, 1.54) is 10.3 Å². The quantitative estimate of drug-likeness (QED) is 0.707. The van der Waals surface area contributed by atoms with Gasteiger partial charge in [-0.05, 0) is 37.1 Å². The van der Waals surface area contributed by atoms with Crippen molar-refractivity contribution in [3.05, 3.63) is 64.8 Å². The van der Waals surface area contributed by atoms with Gasteiger partial charge in [0.1, 0.15) is 0 Å². The van der Waals surface area contributed by atoms with Crippen molar-refractivity contribution < 1.29 is 4.79 Å². The summed E-state index contributed by atoms with van der Waals surface area (Å²) < 4.78 is 1.17. The minimum Gasteiger partial charge on any atom is -0.338 e. The number of fused-ring (bicyclic) bond motifs is 1. The number of benzene rings is 1. The minimum absolute atomic E-state index is 0.151. The number of thiophene rings is 1. The van der Waals surface area contributed by atoms with Crippen molar-refractivity contribution in [2.24, 2.45) is 0 Å². The van der Waals surface area contributed by atoms with Crippen LogP contribution in [0.4, 0.5) is 0 Å². The number of nitrogens with zero attached hydrogens (tertiary/aromatic N) is 2. The van der Waals surface area contributed by atoms with Gasteiger partial charge >= 0.3 is 0 Å². The van der Waals surface area contributed by atoms with Gasteiger partial charge in [0.25, 0.3) is 5.91 Å². The molecule has 116 valence electrons. The standard InChI is InChI=1S/C19H18N2OS/c1-13-6-8-20-17(10-13)14-7-9-21(11-14)19(22)16-12-23-18-5-3-2-4-15(16)18/h2-6,8,10,12,14H,7,9,11H2,1H3/t14-/m0/s1. The fourth-order valence-corrected chi connectivity index (χ4v) is 4.22. The lowest BCUT2D eigenvalue weighted by molar-refractivity contribution is 0.0793. The molecule has 1 amide bonds. The number of hydrogen-bond donors (Lipinski definition) is 0. The molecule has 0 N–H and O–H groups in total. The predicted molar refractivity (Wildman–Crippen MR) is 94.1 cm³/mol. The second kappa shape index (κ2) is 5.78. The van der Waals surface area contributed by atoms with Crippen LogP contribution >= 0.6 is 11.3 Å². The molecular formula is C19H18N2OS. The summed E-state index contributed by atoms with van der Waals surface area (Å²) >= 11 is 1.64. The van der Waals surface area contributed by atoms with Crippen LogP contribution in [0.3, 0.4) is 0 Å². The van der Waals surface area contributed by atoms with Crippen LogP contribution in [0.15, 0.2) is 48.0 Å². The van der Waals surface area contributed by atoms with Gasteiger partial charge in [0, 0.05) is 46.4 Å². The molecule has 1 aromatic carbocycles. The van der Waals surface area contributed by atoms with Crippen LogP contribution in [0.2, 0.25) is 0 Å². The molecule has 1 aliphatic rings. The van der Waals surface area contributed by atoms with E-state index in [0.29, 0.717) is 5.92 Å². The van der Waals surface area contributed by atoms with Crippen molar-refractivity contribution >= 4 is 27.3 Å². The van der Waals surface area contributed by atoms with Crippen molar-refractivity contribution in [3.8, 4) is 0 Å². The Kier molecular flexibility index (Phi) is 3.62. The van der Waals surface area contributed by atoms with E-state index >= 15 is 0 Å². The highest BCUT2D eigenvalue weighted by molar-refractivity contribution is 7.17. The number of carbonyl (C=O) groups is 1. The van der Waals surface area contributed by atoms with Gasteiger partial charge in [0.2, 0.25) is 0 Å². The highest BCUT2D eigenvalue weighted by Gasteiger charge is 2.29. The number of amides is 1. The van der Waals surface area contributed by atoms with E-state index < -0.39 is 0 Å². The lowest BCUT2D eigenvalue weighted by Gasteiger charge is -2.16. The maximum absolute atomic E-state index is 12.9. The van der Waals surface area contributed by atoms with Gasteiger partial charge in [-0.1, -0.05) is 18.2 Å². The smallest absolute Gasteiger partial charge is 0.255 e. The summed E-state index contributed by atoms with van der Waals surface area (Å²) in [6.07, 6.45) is 2.85. The van der Waals surface area contributed by atoms with Gasteiger partial charge in [-0.15, -0.1) is 11.3 Å². The summed E-state index contributed by atoms with van der Waals surface area (Å²) in [4.78, 5) is 19.3. The maximum atomic E-state index is 12.9. The van der Waals surface area contributed by atoms with E-state index in [1.54, 1.807) is 11.3 Å². The third-order valence-electron chi connectivity index (χ3n) is 4.54. The van der Waals surface area contributed by atoms with Gasteiger partial charge in [0.05, 0.1) is 5.56 Å². The highest BCUT2D eigenvalue weighted by atomic mass is 32.1. The molecule has 0 saturated carbocycles. The molecule has 0 aliphatic carbocycles. The van der Waals surface area contributed by atoms with E-state index in [1.807, 2.05) is 40.7 Å². The number of aryl methyl sites for hydroxylation is 1. The first-order valence-electron chi connectivity index (χ1n) is 7.90. The van der Waals surface area contributed by atoms with Crippen molar-refractivity contribution in [2.75, 3.05) is 13.1 Å². The minimum atomic E-state index is 0.151. The van der Waals surface area contributed by atoms with E-state index in [0.717, 1.165) is 36.2 Å². The fourth-order valence-electron chi connectivity index (χ4n) is 3.28. The van der Waals surface area contributed by atoms with Crippen molar-refractivity contribution in [2.45, 2.75) is 19.3 Å². The zero-order valence-corrected chi connectivity index (χ0v) is 13.8. The fraction of sp³-hybridized carbons (Fsp3) is 0.263. The van der Waals surface area contributed by atoms with Crippen LogP contribution in [0.25, 0.3) is 10.1 Å². The summed E-state index contributed by atoms with van der Waals surface area (Å²) in [5.41, 5.74) is 3.17. The second-order valence-corrected chi connectivity index (χ2v) is 7.05. The van der Waals surface area contributed by atoms with Crippen molar-refractivity contribution in [3.63, 3.8) is 0 Å². The normalized spacial score (nSPS) is 17.8. The zero-order chi connectivity index (χ0) is 15.8. The number of likely N-dealkylation sites (tertiary alicyclic amines) is 1. The van der Waals surface area contributed by atoms with Crippen LogP contribution in [-0.2, 0) is 0 Å². The Balaban J connectivity index is 1.56. The second-order valence-electron chi connectivity index (χ2n) is 6.14. The molecule has 0 spiro atoms. The van der Waals surface area contributed by atoms with Crippen LogP contribution in [0.5, 0.6) is 0 Å². The molecule has 0 radical (unpaired) electrons. The molecule has 0 bridgehead atoms. The van der Waals surface area contributed by atoms with Gasteiger partial charge in [-0.2, -0.15) is 0 Å². The lowest BCUT2D eigenvalue weighted by Crippen LogP contribution is -2.28. The zero-order valence-electron chi connectivity index (χ0n) is 13.0. The van der Waals surface area contributed by atoms with E-state index in [4.69, 9.17) is 0 Å². The SMILES string of the molecule is Cc1ccnc([C@H]2CCN(C(=O)c3csc4ccccc34)C2)c1. The molecule has 4 rings (SSSR count). The predicted octanol–water partition coefficient (Wildman–Crippen LogP) is 4.23. The largest absolute Gasteiger partial charge is 0.338 e. The molecular weight excluding hydrogens is 304 g/mol. The first-order chi connectivity index (χ1) is 11.2. The van der Waals surface area contributed by atoms with Crippen LogP contribution in [0, 0.1) is 6.92 Å². The average molecular weight is 322 g/mol. The number of hydrogen-bond acceptors (Lipinski definition) is 3. The number of pyridine rings is 1. The Bertz CT molecular complexity index is 870. The first-order valence-corrected chi connectivity index (χ1v) is 8.78. The Hall–Kier alpha value is -2.20. The molecule has 1 aliphatic heterocycles. The summed E-state index contributed by atoms with van der Waals surface area (Å²) in [5, 5.41) is 3.06. The number of aromatic nitrogens is 1. The van der Waals surface area contributed by atoms with Gasteiger partial charge in [-0.3, -0.25) is 9.78 Å². The molecule has 23 heavy (non-hydrogen) atoms. The number of rotatable bonds is 2. The van der Waals surface area contributed by atoms with Crippen LogP contribution in [0.1, 0.15) is 34.0 Å². The van der Waals surface area contributed by atoms with Gasteiger partial charge < -0.3 is 4.90 Å². The average Bonchev–Trinajstić information content (AvgIpc) is 3.22. The van der Waals surface area contributed by atoms with Crippen LogP contribution < -0.4 is 0 Å². The maximum Gasteiger partial charge on any atom is 0.255 e. The summed E-state index contributed by atoms with van der Waals surface area (Å²) in [7, 11) is 0. The van der Waals surface area contributed by atoms with E-state index in [-0.39, 0.29) is 5.91 Å². The molecule has 4 heteroatoms. The third-order valence-corrected chi connectivity index (χ3v) is 5.51. The Morgan fingerprint density at radius 2 is 2.17 bits per heavy atom. The summed E-state index contributed by atoms with van der Waals surface area (Å²) in [6, 6.07) is 12.3. The lowest BCUT2D eigenvalue weighted by atomic mass is 10.0. The molecule has 1 fully saturated rings. The van der Waals surface area contributed by atoms with Crippen molar-refractivity contribution in [1.29, 1.82) is 0 Å². The highest BCUT2D eigenvalue weighted by Crippen LogP contribution is 2.31. The Morgan fingerprint density at radius 3 is 3.04 bits per heavy atom. The molecule has 3 heterocycles. The summed E-state index contributed by atoms with van der Waals surface area (Å²) in [5.74, 6) is 0.501. The van der Waals surface area contributed by atoms with E-state index in [2.05, 4.69) is 24.0 Å². The molecule has 1 atom stereocenters. The van der Waals surface area contributed by atoms with Gasteiger partial charge in [0.15, 0.2) is 0 Å². The monoisotopic (exact) mass is 322 g/mol. The van der Waals surface area contributed by atoms with E-state index in [9.17, 15) is 4.79 Å². The number of carbonyl (C=O) groups excluding carboxylic acids is 1. The van der Waals surface area contributed by atoms with Crippen molar-refractivity contribution in [1.82, 2.24) is 9.88 Å². The molecule has 3 nitrogen and oxygen atoms in total. The summed E-state index contributed by atoms with van der Waals surface area (Å²) in [6.45, 7) is 3.66.